The van der Waals surface area contributed by atoms with E-state index in [1.54, 1.807) is 30.3 Å². The Morgan fingerprint density at radius 1 is 1.05 bits per heavy atom. The molecule has 20 heavy (non-hydrogen) atoms. The number of nitrogens with two attached hydrogens (primary N) is 2. The molecular weight excluding hydrogens is 278 g/mol. The van der Waals surface area contributed by atoms with E-state index in [9.17, 15) is 9.59 Å². The van der Waals surface area contributed by atoms with E-state index in [0.29, 0.717) is 16.9 Å². The van der Waals surface area contributed by atoms with Crippen LogP contribution in [0.25, 0.3) is 0 Å². The largest absolute Gasteiger partial charge is 0.398 e. The van der Waals surface area contributed by atoms with Gasteiger partial charge >= 0.3 is 0 Å². The zero-order chi connectivity index (χ0) is 14.7. The number of hydrogen-bond acceptors (Lipinski definition) is 3. The minimum atomic E-state index is -0.529. The van der Waals surface area contributed by atoms with Gasteiger partial charge in [-0.3, -0.25) is 9.59 Å². The number of primary amides is 1. The fourth-order valence-electron chi connectivity index (χ4n) is 1.69. The van der Waals surface area contributed by atoms with Crippen LogP contribution in [0, 0.1) is 0 Å². The van der Waals surface area contributed by atoms with Crippen LogP contribution in [0.3, 0.4) is 0 Å². The minimum Gasteiger partial charge on any atom is -0.398 e. The Kier molecular flexibility index (Phi) is 3.91. The highest BCUT2D eigenvalue weighted by Crippen LogP contribution is 2.23. The first-order valence-corrected chi connectivity index (χ1v) is 6.12. The minimum absolute atomic E-state index is 0.216. The molecule has 2 amide bonds. The van der Waals surface area contributed by atoms with Gasteiger partial charge in [0.15, 0.2) is 0 Å². The van der Waals surface area contributed by atoms with Gasteiger partial charge in [-0.1, -0.05) is 17.7 Å². The quantitative estimate of drug-likeness (QED) is 0.756. The van der Waals surface area contributed by atoms with E-state index in [-0.39, 0.29) is 10.6 Å². The lowest BCUT2D eigenvalue weighted by atomic mass is 10.1. The number of amides is 2. The summed E-state index contributed by atoms with van der Waals surface area (Å²) in [6.45, 7) is 0. The number of carbonyl (C=O) groups excluding carboxylic acids is 2. The maximum Gasteiger partial charge on any atom is 0.259 e. The maximum absolute atomic E-state index is 12.1. The van der Waals surface area contributed by atoms with Crippen LogP contribution in [0.1, 0.15) is 20.7 Å². The van der Waals surface area contributed by atoms with Crippen molar-refractivity contribution in [2.75, 3.05) is 11.1 Å². The summed E-state index contributed by atoms with van der Waals surface area (Å²) < 4.78 is 0. The van der Waals surface area contributed by atoms with Crippen molar-refractivity contribution >= 4 is 34.8 Å². The van der Waals surface area contributed by atoms with Gasteiger partial charge in [-0.25, -0.2) is 0 Å². The molecule has 0 saturated carbocycles. The third-order valence-corrected chi connectivity index (χ3v) is 3.02. The third-order valence-electron chi connectivity index (χ3n) is 2.70. The van der Waals surface area contributed by atoms with Gasteiger partial charge in [0.05, 0.1) is 10.6 Å². The monoisotopic (exact) mass is 289 g/mol. The average Bonchev–Trinajstić information content (AvgIpc) is 2.39. The lowest BCUT2D eigenvalue weighted by Gasteiger charge is -2.09. The van der Waals surface area contributed by atoms with Crippen LogP contribution in [0.4, 0.5) is 11.4 Å². The van der Waals surface area contributed by atoms with Gasteiger partial charge in [0.1, 0.15) is 0 Å². The van der Waals surface area contributed by atoms with E-state index in [1.807, 2.05) is 0 Å². The van der Waals surface area contributed by atoms with E-state index in [1.165, 1.54) is 12.1 Å². The molecule has 5 nitrogen and oxygen atoms in total. The van der Waals surface area contributed by atoms with Crippen molar-refractivity contribution in [3.8, 4) is 0 Å². The lowest BCUT2D eigenvalue weighted by Crippen LogP contribution is -2.15. The highest BCUT2D eigenvalue weighted by molar-refractivity contribution is 6.35. The summed E-state index contributed by atoms with van der Waals surface area (Å²) in [5, 5.41) is 2.92. The van der Waals surface area contributed by atoms with Gasteiger partial charge in [0.2, 0.25) is 5.91 Å². The summed E-state index contributed by atoms with van der Waals surface area (Å²) >= 11 is 5.96. The Labute approximate surface area is 120 Å². The molecule has 2 aromatic carbocycles. The second-order valence-corrected chi connectivity index (χ2v) is 4.51. The molecule has 0 bridgehead atoms. The molecule has 0 radical (unpaired) electrons. The van der Waals surface area contributed by atoms with Gasteiger partial charge in [-0.2, -0.15) is 0 Å². The van der Waals surface area contributed by atoms with Crippen LogP contribution in [0.5, 0.6) is 0 Å². The summed E-state index contributed by atoms with van der Waals surface area (Å²) in [6.07, 6.45) is 0. The van der Waals surface area contributed by atoms with E-state index < -0.39 is 11.8 Å². The fraction of sp³-hybridized carbons (Fsp3) is 0. The van der Waals surface area contributed by atoms with Crippen LogP contribution in [-0.4, -0.2) is 11.8 Å². The average molecular weight is 290 g/mol. The summed E-state index contributed by atoms with van der Waals surface area (Å²) in [6, 6.07) is 11.0. The normalized spacial score (nSPS) is 10.1. The molecule has 0 aliphatic carbocycles. The summed E-state index contributed by atoms with van der Waals surface area (Å²) in [7, 11) is 0. The molecule has 102 valence electrons. The Morgan fingerprint density at radius 2 is 1.70 bits per heavy atom. The number of hydrogen-bond donors (Lipinski definition) is 3. The Hall–Kier alpha value is -2.53. The van der Waals surface area contributed by atoms with Crippen molar-refractivity contribution in [3.05, 3.63) is 58.6 Å². The fourth-order valence-corrected chi connectivity index (χ4v) is 1.96. The van der Waals surface area contributed by atoms with Crippen LogP contribution >= 0.6 is 11.6 Å². The van der Waals surface area contributed by atoms with Crippen molar-refractivity contribution in [2.45, 2.75) is 0 Å². The number of carbonyl (C=O) groups is 2. The standard InChI is InChI=1S/C14H12ClN3O2/c15-10-2-1-3-11(16)12(10)14(20)18-9-6-4-8(5-7-9)13(17)19/h1-7H,16H2,(H2,17,19)(H,18,20). The zero-order valence-corrected chi connectivity index (χ0v) is 11.1. The van der Waals surface area contributed by atoms with E-state index in [2.05, 4.69) is 5.32 Å². The van der Waals surface area contributed by atoms with Crippen molar-refractivity contribution in [2.24, 2.45) is 5.73 Å². The molecule has 2 rings (SSSR count). The molecule has 0 unspecified atom stereocenters. The molecule has 0 aromatic heterocycles. The molecule has 0 saturated heterocycles. The molecule has 6 heteroatoms. The number of rotatable bonds is 3. The van der Waals surface area contributed by atoms with Crippen molar-refractivity contribution < 1.29 is 9.59 Å². The topological polar surface area (TPSA) is 98.2 Å². The van der Waals surface area contributed by atoms with Gasteiger partial charge in [-0.15, -0.1) is 0 Å². The number of halogens is 1. The highest BCUT2D eigenvalue weighted by atomic mass is 35.5. The van der Waals surface area contributed by atoms with Crippen molar-refractivity contribution in [1.82, 2.24) is 0 Å². The number of anilines is 2. The second kappa shape index (κ2) is 5.63. The Morgan fingerprint density at radius 3 is 2.25 bits per heavy atom. The van der Waals surface area contributed by atoms with Crippen LogP contribution < -0.4 is 16.8 Å². The van der Waals surface area contributed by atoms with Crippen molar-refractivity contribution in [1.29, 1.82) is 0 Å². The van der Waals surface area contributed by atoms with Gasteiger partial charge in [0.25, 0.3) is 5.91 Å². The van der Waals surface area contributed by atoms with Crippen LogP contribution in [0.15, 0.2) is 42.5 Å². The molecule has 5 N–H and O–H groups in total. The van der Waals surface area contributed by atoms with Crippen molar-refractivity contribution in [3.63, 3.8) is 0 Å². The molecule has 0 aliphatic heterocycles. The highest BCUT2D eigenvalue weighted by Gasteiger charge is 2.14. The number of nitrogens with one attached hydrogen (secondary N) is 1. The molecule has 0 aliphatic rings. The predicted octanol–water partition coefficient (Wildman–Crippen LogP) is 2.27. The smallest absolute Gasteiger partial charge is 0.259 e. The van der Waals surface area contributed by atoms with Crippen LogP contribution in [-0.2, 0) is 0 Å². The SMILES string of the molecule is NC(=O)c1ccc(NC(=O)c2c(N)cccc2Cl)cc1. The van der Waals surface area contributed by atoms with Crippen LogP contribution in [0.2, 0.25) is 5.02 Å². The molecule has 0 spiro atoms. The van der Waals surface area contributed by atoms with E-state index in [0.717, 1.165) is 0 Å². The Bertz CT molecular complexity index is 648. The first-order chi connectivity index (χ1) is 9.49. The first kappa shape index (κ1) is 13.9. The first-order valence-electron chi connectivity index (χ1n) is 5.74. The second-order valence-electron chi connectivity index (χ2n) is 4.10. The molecule has 0 heterocycles. The van der Waals surface area contributed by atoms with E-state index in [4.69, 9.17) is 23.1 Å². The number of benzene rings is 2. The lowest BCUT2D eigenvalue weighted by molar-refractivity contribution is 0.0998. The molecule has 2 aromatic rings. The molecule has 0 fully saturated rings. The maximum atomic E-state index is 12.1. The van der Waals surface area contributed by atoms with E-state index >= 15 is 0 Å². The van der Waals surface area contributed by atoms with Gasteiger partial charge in [-0.05, 0) is 36.4 Å². The predicted molar refractivity (Wildman–Crippen MR) is 78.8 cm³/mol. The molecule has 0 atom stereocenters. The van der Waals surface area contributed by atoms with Gasteiger partial charge in [0, 0.05) is 16.9 Å². The number of nitrogen functional groups attached to an aromatic ring is 1. The third kappa shape index (κ3) is 2.89. The summed E-state index contributed by atoms with van der Waals surface area (Å²) in [5.41, 5.74) is 12.3. The zero-order valence-electron chi connectivity index (χ0n) is 10.4. The summed E-state index contributed by atoms with van der Waals surface area (Å²) in [4.78, 5) is 23.1. The molecular formula is C14H12ClN3O2. The summed E-state index contributed by atoms with van der Waals surface area (Å²) in [5.74, 6) is -0.946. The van der Waals surface area contributed by atoms with Gasteiger partial charge < -0.3 is 16.8 Å². The Balaban J connectivity index is 2.21.